The van der Waals surface area contributed by atoms with Gasteiger partial charge in [0, 0.05) is 0 Å². The fourth-order valence-electron chi connectivity index (χ4n) is 3.52. The van der Waals surface area contributed by atoms with Crippen molar-refractivity contribution in [3.05, 3.63) is 29.8 Å². The molecule has 176 valence electrons. The predicted molar refractivity (Wildman–Crippen MR) is 128 cm³/mol. The van der Waals surface area contributed by atoms with Crippen LogP contribution in [0.25, 0.3) is 0 Å². The van der Waals surface area contributed by atoms with Crippen molar-refractivity contribution in [3.63, 3.8) is 0 Å². The van der Waals surface area contributed by atoms with Gasteiger partial charge in [0.05, 0.1) is 12.3 Å². The smallest absolute Gasteiger partial charge is 0.344 e. The van der Waals surface area contributed by atoms with E-state index < -0.39 is 12.6 Å². The topological polar surface area (TPSA) is 68.1 Å². The third-order valence-corrected chi connectivity index (χ3v) is 5.43. The highest BCUT2D eigenvalue weighted by Gasteiger charge is 2.01. The van der Waals surface area contributed by atoms with E-state index in [0.29, 0.717) is 5.71 Å². The average Bonchev–Trinajstić information content (AvgIpc) is 2.76. The van der Waals surface area contributed by atoms with Gasteiger partial charge in [0.2, 0.25) is 6.61 Å². The summed E-state index contributed by atoms with van der Waals surface area (Å²) < 4.78 is 5.81. The highest BCUT2D eigenvalue weighted by atomic mass is 16.6. The number of hydrogen-bond acceptors (Lipinski definition) is 4. The van der Waals surface area contributed by atoms with Crippen LogP contribution in [-0.2, 0) is 9.63 Å². The lowest BCUT2D eigenvalue weighted by Gasteiger charge is -2.07. The van der Waals surface area contributed by atoms with Crippen molar-refractivity contribution in [2.75, 3.05) is 13.2 Å². The summed E-state index contributed by atoms with van der Waals surface area (Å²) in [6.07, 6.45) is 19.0. The number of carboxylic acid groups (broad SMARTS) is 1. The van der Waals surface area contributed by atoms with Gasteiger partial charge in [-0.05, 0) is 43.2 Å². The Hall–Kier alpha value is -2.04. The molecule has 0 amide bonds. The molecule has 0 aliphatic rings. The van der Waals surface area contributed by atoms with E-state index >= 15 is 0 Å². The Balaban J connectivity index is 1.97. The Kier molecular flexibility index (Phi) is 16.3. The molecule has 0 aromatic heterocycles. The zero-order chi connectivity index (χ0) is 22.6. The first-order valence-corrected chi connectivity index (χ1v) is 12.2. The lowest BCUT2D eigenvalue weighted by atomic mass is 10.0. The van der Waals surface area contributed by atoms with Crippen LogP contribution in [0.15, 0.2) is 29.4 Å². The summed E-state index contributed by atoms with van der Waals surface area (Å²) in [5, 5.41) is 12.4. The third kappa shape index (κ3) is 15.4. The molecule has 0 radical (unpaired) electrons. The number of carbonyl (C=O) groups is 1. The predicted octanol–water partition coefficient (Wildman–Crippen LogP) is 7.37. The van der Waals surface area contributed by atoms with E-state index in [2.05, 4.69) is 12.1 Å². The molecule has 0 heterocycles. The standard InChI is InChI=1S/C26H43NO4/c1-3-4-5-6-7-8-9-10-11-12-13-14-15-16-21-30-25-19-17-24(18-20-25)23(2)27-31-22-26(28)29/h17-20H,3-16,21-22H2,1-2H3,(H,28,29). The van der Waals surface area contributed by atoms with E-state index in [1.54, 1.807) is 6.92 Å². The number of nitrogens with zero attached hydrogens (tertiary/aromatic N) is 1. The monoisotopic (exact) mass is 433 g/mol. The SMILES string of the molecule is CCCCCCCCCCCCCCCCOc1ccc(C(C)=NOCC(=O)O)cc1. The lowest BCUT2D eigenvalue weighted by molar-refractivity contribution is -0.142. The Labute approximate surface area is 189 Å². The number of rotatable bonds is 20. The first-order valence-electron chi connectivity index (χ1n) is 12.2. The highest BCUT2D eigenvalue weighted by molar-refractivity contribution is 5.98. The minimum absolute atomic E-state index is 0.433. The molecule has 1 rings (SSSR count). The number of ether oxygens (including phenoxy) is 1. The summed E-state index contributed by atoms with van der Waals surface area (Å²) >= 11 is 0. The van der Waals surface area contributed by atoms with Crippen LogP contribution < -0.4 is 4.74 Å². The summed E-state index contributed by atoms with van der Waals surface area (Å²) in [4.78, 5) is 15.2. The van der Waals surface area contributed by atoms with Crippen molar-refractivity contribution in [1.29, 1.82) is 0 Å². The number of unbranched alkanes of at least 4 members (excludes halogenated alkanes) is 13. The summed E-state index contributed by atoms with van der Waals surface area (Å²) in [5.74, 6) is -0.193. The molecule has 5 heteroatoms. The first-order chi connectivity index (χ1) is 15.1. The Morgan fingerprint density at radius 3 is 1.77 bits per heavy atom. The molecule has 0 spiro atoms. The summed E-state index contributed by atoms with van der Waals surface area (Å²) in [5.41, 5.74) is 1.52. The van der Waals surface area contributed by atoms with Crippen molar-refractivity contribution < 1.29 is 19.5 Å². The molecule has 0 bridgehead atoms. The fraction of sp³-hybridized carbons (Fsp3) is 0.692. The third-order valence-electron chi connectivity index (χ3n) is 5.43. The molecule has 31 heavy (non-hydrogen) atoms. The zero-order valence-electron chi connectivity index (χ0n) is 19.7. The van der Waals surface area contributed by atoms with E-state index in [0.717, 1.165) is 24.3 Å². The van der Waals surface area contributed by atoms with Gasteiger partial charge in [-0.15, -0.1) is 0 Å². The molecule has 0 aliphatic heterocycles. The van der Waals surface area contributed by atoms with Gasteiger partial charge in [0.1, 0.15) is 5.75 Å². The van der Waals surface area contributed by atoms with Crippen molar-refractivity contribution in [2.45, 2.75) is 104 Å². The lowest BCUT2D eigenvalue weighted by Crippen LogP contribution is -2.05. The van der Waals surface area contributed by atoms with Gasteiger partial charge in [0.15, 0.2) is 0 Å². The second-order valence-electron chi connectivity index (χ2n) is 8.31. The second-order valence-corrected chi connectivity index (χ2v) is 8.31. The van der Waals surface area contributed by atoms with Gasteiger partial charge in [-0.25, -0.2) is 4.79 Å². The van der Waals surface area contributed by atoms with Gasteiger partial charge in [-0.3, -0.25) is 0 Å². The van der Waals surface area contributed by atoms with Crippen molar-refractivity contribution >= 4 is 11.7 Å². The van der Waals surface area contributed by atoms with Crippen molar-refractivity contribution in [1.82, 2.24) is 0 Å². The van der Waals surface area contributed by atoms with Gasteiger partial charge in [-0.1, -0.05) is 95.6 Å². The van der Waals surface area contributed by atoms with Gasteiger partial charge in [-0.2, -0.15) is 0 Å². The van der Waals surface area contributed by atoms with E-state index in [9.17, 15) is 4.79 Å². The average molecular weight is 434 g/mol. The van der Waals surface area contributed by atoms with Crippen LogP contribution in [-0.4, -0.2) is 30.0 Å². The molecule has 1 N–H and O–H groups in total. The Morgan fingerprint density at radius 2 is 1.29 bits per heavy atom. The van der Waals surface area contributed by atoms with Crippen molar-refractivity contribution in [2.24, 2.45) is 5.16 Å². The van der Waals surface area contributed by atoms with E-state index in [-0.39, 0.29) is 0 Å². The van der Waals surface area contributed by atoms with Crippen LogP contribution in [0.1, 0.15) is 109 Å². The van der Waals surface area contributed by atoms with Crippen molar-refractivity contribution in [3.8, 4) is 5.75 Å². The maximum atomic E-state index is 10.4. The maximum Gasteiger partial charge on any atom is 0.344 e. The molecule has 0 saturated heterocycles. The Morgan fingerprint density at radius 1 is 0.806 bits per heavy atom. The molecule has 0 saturated carbocycles. The van der Waals surface area contributed by atoms with Gasteiger partial charge in [0.25, 0.3) is 0 Å². The molecule has 0 atom stereocenters. The second kappa shape index (κ2) is 18.7. The molecule has 5 nitrogen and oxygen atoms in total. The van der Waals surface area contributed by atoms with Gasteiger partial charge >= 0.3 is 5.97 Å². The van der Waals surface area contributed by atoms with Crippen LogP contribution in [0.4, 0.5) is 0 Å². The Bertz CT molecular complexity index is 598. The maximum absolute atomic E-state index is 10.4. The molecular weight excluding hydrogens is 390 g/mol. The van der Waals surface area contributed by atoms with Crippen LogP contribution in [0.3, 0.4) is 0 Å². The number of benzene rings is 1. The van der Waals surface area contributed by atoms with Gasteiger partial charge < -0.3 is 14.7 Å². The van der Waals surface area contributed by atoms with E-state index in [1.165, 1.54) is 83.5 Å². The van der Waals surface area contributed by atoms with E-state index in [1.807, 2.05) is 24.3 Å². The number of hydrogen-bond donors (Lipinski definition) is 1. The highest BCUT2D eigenvalue weighted by Crippen LogP contribution is 2.15. The normalized spacial score (nSPS) is 11.5. The molecule has 0 fully saturated rings. The number of aliphatic carboxylic acids is 1. The fourth-order valence-corrected chi connectivity index (χ4v) is 3.52. The number of oxime groups is 1. The quantitative estimate of drug-likeness (QED) is 0.132. The molecular formula is C26H43NO4. The van der Waals surface area contributed by atoms with Crippen LogP contribution >= 0.6 is 0 Å². The minimum atomic E-state index is -1.04. The van der Waals surface area contributed by atoms with Crippen LogP contribution in [0.5, 0.6) is 5.75 Å². The molecule has 0 unspecified atom stereocenters. The zero-order valence-corrected chi connectivity index (χ0v) is 19.7. The number of carboxylic acids is 1. The first kappa shape index (κ1) is 27.0. The largest absolute Gasteiger partial charge is 0.494 e. The molecule has 1 aromatic carbocycles. The summed E-state index contributed by atoms with van der Waals surface area (Å²) in [7, 11) is 0. The summed E-state index contributed by atoms with van der Waals surface area (Å²) in [6, 6.07) is 7.64. The summed E-state index contributed by atoms with van der Waals surface area (Å²) in [6.45, 7) is 4.37. The van der Waals surface area contributed by atoms with E-state index in [4.69, 9.17) is 14.7 Å². The van der Waals surface area contributed by atoms with Crippen LogP contribution in [0, 0.1) is 0 Å². The molecule has 0 aliphatic carbocycles. The van der Waals surface area contributed by atoms with Crippen LogP contribution in [0.2, 0.25) is 0 Å². The minimum Gasteiger partial charge on any atom is -0.494 e. The molecule has 1 aromatic rings.